The molecule has 1 saturated heterocycles. The maximum atomic E-state index is 13.8. The Morgan fingerprint density at radius 1 is 0.914 bits per heavy atom. The molecule has 3 aromatic rings. The van der Waals surface area contributed by atoms with E-state index in [-0.39, 0.29) is 41.4 Å². The highest BCUT2D eigenvalue weighted by molar-refractivity contribution is 6.31. The first-order valence-corrected chi connectivity index (χ1v) is 12.4. The number of nitrogens with zero attached hydrogens (tertiary/aromatic N) is 1. The fourth-order valence-electron chi connectivity index (χ4n) is 6.56. The van der Waals surface area contributed by atoms with Crippen molar-refractivity contribution < 1.29 is 14.4 Å². The number of benzene rings is 3. The number of halogens is 1. The van der Waals surface area contributed by atoms with Gasteiger partial charge in [0.2, 0.25) is 11.8 Å². The number of aryl methyl sites for hydroxylation is 1. The van der Waals surface area contributed by atoms with Gasteiger partial charge in [0.05, 0.1) is 23.1 Å². The number of hydrogen-bond acceptors (Lipinski definition) is 3. The number of hydrogen-bond donors (Lipinski definition) is 1. The van der Waals surface area contributed by atoms with Crippen LogP contribution in [-0.4, -0.2) is 17.7 Å². The molecular weight excluding hydrogens is 460 g/mol. The van der Waals surface area contributed by atoms with Gasteiger partial charge in [-0.3, -0.25) is 14.4 Å². The van der Waals surface area contributed by atoms with Gasteiger partial charge in [0.15, 0.2) is 0 Å². The normalized spacial score (nSPS) is 26.8. The minimum atomic E-state index is -0.381. The van der Waals surface area contributed by atoms with Crippen LogP contribution < -0.4 is 10.2 Å². The number of para-hydroxylation sites is 1. The van der Waals surface area contributed by atoms with Crippen LogP contribution in [0.3, 0.4) is 0 Å². The third-order valence-electron chi connectivity index (χ3n) is 8.08. The molecule has 2 bridgehead atoms. The molecule has 2 aliphatic carbocycles. The molecule has 5 unspecified atom stereocenters. The van der Waals surface area contributed by atoms with E-state index in [1.54, 1.807) is 36.4 Å². The van der Waals surface area contributed by atoms with Crippen LogP contribution in [0.2, 0.25) is 5.02 Å². The lowest BCUT2D eigenvalue weighted by Crippen LogP contribution is -2.34. The van der Waals surface area contributed by atoms with E-state index in [0.29, 0.717) is 27.9 Å². The molecule has 6 rings (SSSR count). The van der Waals surface area contributed by atoms with E-state index in [9.17, 15) is 14.4 Å². The van der Waals surface area contributed by atoms with Gasteiger partial charge in [-0.15, -0.1) is 0 Å². The monoisotopic (exact) mass is 484 g/mol. The zero-order valence-electron chi connectivity index (χ0n) is 19.3. The summed E-state index contributed by atoms with van der Waals surface area (Å²) in [5.41, 5.74) is 3.35. The SMILES string of the molecule is Cc1ccc(Cl)cc1NC(=O)c1ccccc1N1C(=O)C2C3CC(c4ccccc4)C(C3)C2C1=O. The van der Waals surface area contributed by atoms with Gasteiger partial charge in [0.1, 0.15) is 0 Å². The minimum absolute atomic E-state index is 0.156. The Morgan fingerprint density at radius 2 is 1.63 bits per heavy atom. The predicted molar refractivity (Wildman–Crippen MR) is 135 cm³/mol. The Morgan fingerprint density at radius 3 is 2.43 bits per heavy atom. The summed E-state index contributed by atoms with van der Waals surface area (Å²) in [6, 6.07) is 22.4. The van der Waals surface area contributed by atoms with E-state index < -0.39 is 0 Å². The second kappa shape index (κ2) is 8.35. The fourth-order valence-corrected chi connectivity index (χ4v) is 6.73. The Hall–Kier alpha value is -3.44. The van der Waals surface area contributed by atoms with Gasteiger partial charge in [-0.2, -0.15) is 0 Å². The average Bonchev–Trinajstić information content (AvgIpc) is 3.53. The van der Waals surface area contributed by atoms with Crippen LogP contribution in [0.4, 0.5) is 11.4 Å². The highest BCUT2D eigenvalue weighted by Crippen LogP contribution is 2.62. The van der Waals surface area contributed by atoms with Gasteiger partial charge in [-0.05, 0) is 72.9 Å². The first kappa shape index (κ1) is 22.1. The molecular formula is C29H25ClN2O3. The van der Waals surface area contributed by atoms with Crippen molar-refractivity contribution in [1.82, 2.24) is 0 Å². The predicted octanol–water partition coefficient (Wildman–Crippen LogP) is 5.83. The van der Waals surface area contributed by atoms with Crippen molar-refractivity contribution in [1.29, 1.82) is 0 Å². The molecule has 176 valence electrons. The highest BCUT2D eigenvalue weighted by atomic mass is 35.5. The van der Waals surface area contributed by atoms with E-state index >= 15 is 0 Å². The van der Waals surface area contributed by atoms with Gasteiger partial charge in [0, 0.05) is 10.7 Å². The van der Waals surface area contributed by atoms with Gasteiger partial charge in [-0.25, -0.2) is 4.90 Å². The summed E-state index contributed by atoms with van der Waals surface area (Å²) in [5.74, 6) is -0.685. The summed E-state index contributed by atoms with van der Waals surface area (Å²) in [5, 5.41) is 3.41. The fraction of sp³-hybridized carbons (Fsp3) is 0.276. The van der Waals surface area contributed by atoms with E-state index in [4.69, 9.17) is 11.6 Å². The summed E-state index contributed by atoms with van der Waals surface area (Å²) < 4.78 is 0. The Labute approximate surface area is 209 Å². The van der Waals surface area contributed by atoms with Crippen molar-refractivity contribution in [3.63, 3.8) is 0 Å². The van der Waals surface area contributed by atoms with E-state index in [1.165, 1.54) is 10.5 Å². The molecule has 6 heteroatoms. The maximum absolute atomic E-state index is 13.8. The van der Waals surface area contributed by atoms with Crippen molar-refractivity contribution in [3.05, 3.63) is 94.5 Å². The summed E-state index contributed by atoms with van der Waals surface area (Å²) >= 11 is 6.11. The molecule has 0 spiro atoms. The highest BCUT2D eigenvalue weighted by Gasteiger charge is 2.64. The van der Waals surface area contributed by atoms with Crippen molar-refractivity contribution in [2.75, 3.05) is 10.2 Å². The van der Waals surface area contributed by atoms with Crippen LogP contribution in [0.1, 0.15) is 40.2 Å². The molecule has 1 N–H and O–H groups in total. The van der Waals surface area contributed by atoms with Gasteiger partial charge in [0.25, 0.3) is 5.91 Å². The van der Waals surface area contributed by atoms with Gasteiger partial charge < -0.3 is 5.32 Å². The third kappa shape index (κ3) is 3.49. The first-order valence-electron chi connectivity index (χ1n) is 12.0. The first-order chi connectivity index (χ1) is 16.9. The Balaban J connectivity index is 1.31. The zero-order chi connectivity index (χ0) is 24.3. The van der Waals surface area contributed by atoms with Gasteiger partial charge >= 0.3 is 0 Å². The molecule has 3 aliphatic rings. The molecule has 5 atom stereocenters. The number of imide groups is 1. The zero-order valence-corrected chi connectivity index (χ0v) is 20.0. The number of nitrogens with one attached hydrogen (secondary N) is 1. The van der Waals surface area contributed by atoms with Crippen LogP contribution >= 0.6 is 11.6 Å². The van der Waals surface area contributed by atoms with Crippen molar-refractivity contribution >= 4 is 40.7 Å². The van der Waals surface area contributed by atoms with Crippen LogP contribution in [0.15, 0.2) is 72.8 Å². The van der Waals surface area contributed by atoms with Crippen LogP contribution in [0.25, 0.3) is 0 Å². The second-order valence-electron chi connectivity index (χ2n) is 9.91. The number of carbonyl (C=O) groups is 3. The molecule has 0 aromatic heterocycles. The summed E-state index contributed by atoms with van der Waals surface area (Å²) in [6.07, 6.45) is 1.84. The lowest BCUT2D eigenvalue weighted by Gasteiger charge is -2.28. The molecule has 2 saturated carbocycles. The standard InChI is InChI=1S/C29H25ClN2O3/c1-16-11-12-19(30)15-23(16)31-27(33)20-9-5-6-10-24(20)32-28(34)25-18-13-21(17-7-3-2-4-8-17)22(14-18)26(25)29(32)35/h2-12,15,18,21-22,25-26H,13-14H2,1H3,(H,31,33). The van der Waals surface area contributed by atoms with Gasteiger partial charge in [-0.1, -0.05) is 60.1 Å². The molecule has 1 heterocycles. The topological polar surface area (TPSA) is 66.5 Å². The van der Waals surface area contributed by atoms with E-state index in [2.05, 4.69) is 17.4 Å². The van der Waals surface area contributed by atoms with Crippen molar-refractivity contribution in [2.45, 2.75) is 25.7 Å². The Bertz CT molecular complexity index is 1360. The molecule has 35 heavy (non-hydrogen) atoms. The van der Waals surface area contributed by atoms with E-state index in [1.807, 2.05) is 31.2 Å². The number of anilines is 2. The number of amides is 3. The largest absolute Gasteiger partial charge is 0.322 e. The van der Waals surface area contributed by atoms with E-state index in [0.717, 1.165) is 18.4 Å². The molecule has 3 aromatic carbocycles. The smallest absolute Gasteiger partial charge is 0.257 e. The minimum Gasteiger partial charge on any atom is -0.322 e. The molecule has 5 nitrogen and oxygen atoms in total. The summed E-state index contributed by atoms with van der Waals surface area (Å²) in [7, 11) is 0. The van der Waals surface area contributed by atoms with Crippen molar-refractivity contribution in [2.24, 2.45) is 23.7 Å². The maximum Gasteiger partial charge on any atom is 0.257 e. The van der Waals surface area contributed by atoms with Crippen LogP contribution in [0, 0.1) is 30.6 Å². The number of fused-ring (bicyclic) bond motifs is 5. The van der Waals surface area contributed by atoms with Crippen molar-refractivity contribution in [3.8, 4) is 0 Å². The number of rotatable bonds is 4. The Kier molecular flexibility index (Phi) is 5.26. The van der Waals surface area contributed by atoms with Crippen LogP contribution in [-0.2, 0) is 9.59 Å². The van der Waals surface area contributed by atoms with Crippen LogP contribution in [0.5, 0.6) is 0 Å². The molecule has 3 amide bonds. The second-order valence-corrected chi connectivity index (χ2v) is 10.3. The molecule has 3 fully saturated rings. The summed E-state index contributed by atoms with van der Waals surface area (Å²) in [4.78, 5) is 41.9. The number of carbonyl (C=O) groups excluding carboxylic acids is 3. The third-order valence-corrected chi connectivity index (χ3v) is 8.32. The quantitative estimate of drug-likeness (QED) is 0.474. The molecule has 0 radical (unpaired) electrons. The average molecular weight is 485 g/mol. The lowest BCUT2D eigenvalue weighted by molar-refractivity contribution is -0.123. The lowest BCUT2D eigenvalue weighted by atomic mass is 9.73. The summed E-state index contributed by atoms with van der Waals surface area (Å²) in [6.45, 7) is 1.88. The molecule has 1 aliphatic heterocycles.